The number of ether oxygens (including phenoxy) is 1. The van der Waals surface area contributed by atoms with Gasteiger partial charge in [0.2, 0.25) is 5.88 Å². The number of nitrogens with zero attached hydrogens (tertiary/aromatic N) is 1. The van der Waals surface area contributed by atoms with Crippen molar-refractivity contribution in [2.75, 3.05) is 13.8 Å². The summed E-state index contributed by atoms with van der Waals surface area (Å²) in [5, 5.41) is 9.82. The Morgan fingerprint density at radius 1 is 1.20 bits per heavy atom. The fourth-order valence-corrected chi connectivity index (χ4v) is 1.88. The number of alkyl halides is 1. The molecule has 2 rings (SSSR count). The highest BCUT2D eigenvalue weighted by molar-refractivity contribution is 5.63. The monoisotopic (exact) mass is 276 g/mol. The zero-order valence-electron chi connectivity index (χ0n) is 11.2. The van der Waals surface area contributed by atoms with Crippen molar-refractivity contribution in [1.29, 1.82) is 0 Å². The third kappa shape index (κ3) is 3.12. The molecule has 1 aromatic carbocycles. The Bertz CT molecular complexity index is 543. The lowest BCUT2D eigenvalue weighted by molar-refractivity contribution is 0.132. The molecule has 5 heteroatoms. The summed E-state index contributed by atoms with van der Waals surface area (Å²) < 4.78 is 17.4. The van der Waals surface area contributed by atoms with E-state index in [1.54, 1.807) is 31.5 Å². The summed E-state index contributed by atoms with van der Waals surface area (Å²) in [6.45, 7) is -0.759. The number of benzene rings is 1. The Kier molecular flexibility index (Phi) is 4.65. The topological polar surface area (TPSA) is 68.4 Å². The summed E-state index contributed by atoms with van der Waals surface area (Å²) in [6, 6.07) is 9.92. The van der Waals surface area contributed by atoms with Crippen molar-refractivity contribution in [1.82, 2.24) is 4.98 Å². The summed E-state index contributed by atoms with van der Waals surface area (Å²) in [5.41, 5.74) is 7.96. The molecule has 0 amide bonds. The number of halogens is 1. The first-order chi connectivity index (χ1) is 9.65. The van der Waals surface area contributed by atoms with Crippen LogP contribution < -0.4 is 10.5 Å². The molecule has 0 spiro atoms. The first-order valence-corrected chi connectivity index (χ1v) is 6.25. The van der Waals surface area contributed by atoms with Crippen LogP contribution in [0, 0.1) is 0 Å². The lowest BCUT2D eigenvalue weighted by Crippen LogP contribution is -2.30. The van der Waals surface area contributed by atoms with Gasteiger partial charge in [-0.1, -0.05) is 24.3 Å². The molecule has 0 saturated heterocycles. The molecule has 106 valence electrons. The molecular formula is C15H17FN2O2. The Hall–Kier alpha value is -1.98. The summed E-state index contributed by atoms with van der Waals surface area (Å²) in [5.74, 6) is 0.551. The van der Waals surface area contributed by atoms with E-state index in [1.807, 2.05) is 18.2 Å². The second-order valence-corrected chi connectivity index (χ2v) is 4.47. The van der Waals surface area contributed by atoms with Crippen LogP contribution in [0.1, 0.15) is 11.7 Å². The van der Waals surface area contributed by atoms with Crippen LogP contribution in [0.15, 0.2) is 42.6 Å². The molecule has 0 aliphatic rings. The molecule has 0 radical (unpaired) electrons. The quantitative estimate of drug-likeness (QED) is 0.877. The van der Waals surface area contributed by atoms with E-state index in [4.69, 9.17) is 10.5 Å². The highest BCUT2D eigenvalue weighted by Crippen LogP contribution is 2.23. The van der Waals surface area contributed by atoms with Crippen molar-refractivity contribution in [2.45, 2.75) is 12.1 Å². The Morgan fingerprint density at radius 3 is 2.35 bits per heavy atom. The van der Waals surface area contributed by atoms with E-state index in [0.29, 0.717) is 11.4 Å². The lowest BCUT2D eigenvalue weighted by Gasteiger charge is -2.16. The van der Waals surface area contributed by atoms with Gasteiger partial charge in [-0.05, 0) is 17.2 Å². The van der Waals surface area contributed by atoms with Gasteiger partial charge in [-0.25, -0.2) is 9.37 Å². The number of aliphatic hydroxyl groups is 1. The molecular weight excluding hydrogens is 259 g/mol. The number of aromatic nitrogens is 1. The van der Waals surface area contributed by atoms with Crippen molar-refractivity contribution < 1.29 is 14.2 Å². The number of methoxy groups -OCH3 is 1. The van der Waals surface area contributed by atoms with Gasteiger partial charge in [0.25, 0.3) is 0 Å². The maximum absolute atomic E-state index is 12.4. The van der Waals surface area contributed by atoms with E-state index < -0.39 is 18.8 Å². The zero-order valence-corrected chi connectivity index (χ0v) is 11.2. The zero-order chi connectivity index (χ0) is 14.5. The van der Waals surface area contributed by atoms with Gasteiger partial charge >= 0.3 is 0 Å². The molecule has 0 aliphatic carbocycles. The van der Waals surface area contributed by atoms with Crippen molar-refractivity contribution >= 4 is 0 Å². The van der Waals surface area contributed by atoms with E-state index in [1.165, 1.54) is 0 Å². The number of hydrogen-bond acceptors (Lipinski definition) is 4. The first-order valence-electron chi connectivity index (χ1n) is 6.25. The molecule has 0 aliphatic heterocycles. The maximum atomic E-state index is 12.4. The van der Waals surface area contributed by atoms with Crippen LogP contribution >= 0.6 is 0 Å². The molecule has 0 unspecified atom stereocenters. The van der Waals surface area contributed by atoms with Gasteiger partial charge in [0.15, 0.2) is 0 Å². The lowest BCUT2D eigenvalue weighted by atomic mass is 10.00. The van der Waals surface area contributed by atoms with Gasteiger partial charge in [-0.3, -0.25) is 0 Å². The minimum absolute atomic E-state index is 0.551. The minimum Gasteiger partial charge on any atom is -0.481 e. The van der Waals surface area contributed by atoms with Crippen molar-refractivity contribution in [3.8, 4) is 17.0 Å². The largest absolute Gasteiger partial charge is 0.481 e. The predicted octanol–water partition coefficient (Wildman–Crippen LogP) is 2.09. The second-order valence-electron chi connectivity index (χ2n) is 4.47. The highest BCUT2D eigenvalue weighted by atomic mass is 19.1. The number of rotatable bonds is 5. The van der Waals surface area contributed by atoms with Gasteiger partial charge in [0.05, 0.1) is 19.3 Å². The van der Waals surface area contributed by atoms with Gasteiger partial charge in [-0.2, -0.15) is 0 Å². The van der Waals surface area contributed by atoms with E-state index in [-0.39, 0.29) is 0 Å². The molecule has 2 atom stereocenters. The highest BCUT2D eigenvalue weighted by Gasteiger charge is 2.16. The summed E-state index contributed by atoms with van der Waals surface area (Å²) in [6.07, 6.45) is 0.709. The molecule has 1 heterocycles. The van der Waals surface area contributed by atoms with E-state index in [2.05, 4.69) is 4.98 Å². The van der Waals surface area contributed by atoms with Crippen LogP contribution in [0.2, 0.25) is 0 Å². The standard InChI is InChI=1S/C15H17FN2O2/c1-20-14-7-6-12(9-18-14)10-2-4-11(5-3-10)15(19)13(17)8-16/h2-7,9,13,15,19H,8,17H2,1H3/t13-,15-/m1/s1. The summed E-state index contributed by atoms with van der Waals surface area (Å²) in [4.78, 5) is 4.13. The number of nitrogens with two attached hydrogens (primary N) is 1. The van der Waals surface area contributed by atoms with E-state index in [0.717, 1.165) is 11.1 Å². The molecule has 0 fully saturated rings. The smallest absolute Gasteiger partial charge is 0.212 e. The Balaban J connectivity index is 2.18. The van der Waals surface area contributed by atoms with Crippen molar-refractivity contribution in [3.05, 3.63) is 48.2 Å². The third-order valence-corrected chi connectivity index (χ3v) is 3.11. The molecule has 0 saturated carbocycles. The predicted molar refractivity (Wildman–Crippen MR) is 75.1 cm³/mol. The van der Waals surface area contributed by atoms with E-state index in [9.17, 15) is 9.50 Å². The third-order valence-electron chi connectivity index (χ3n) is 3.11. The van der Waals surface area contributed by atoms with Crippen molar-refractivity contribution in [3.63, 3.8) is 0 Å². The molecule has 1 aromatic heterocycles. The van der Waals surface area contributed by atoms with Gasteiger partial charge in [-0.15, -0.1) is 0 Å². The van der Waals surface area contributed by atoms with Crippen LogP contribution in [0.25, 0.3) is 11.1 Å². The average Bonchev–Trinajstić information content (AvgIpc) is 2.53. The van der Waals surface area contributed by atoms with Crippen LogP contribution in [0.4, 0.5) is 4.39 Å². The summed E-state index contributed by atoms with van der Waals surface area (Å²) >= 11 is 0. The number of pyridine rings is 1. The SMILES string of the molecule is COc1ccc(-c2ccc([C@@H](O)[C@H](N)CF)cc2)cn1. The van der Waals surface area contributed by atoms with Crippen LogP contribution in [-0.4, -0.2) is 29.9 Å². The van der Waals surface area contributed by atoms with Crippen LogP contribution in [0.5, 0.6) is 5.88 Å². The molecule has 0 bridgehead atoms. The number of aliphatic hydroxyl groups excluding tert-OH is 1. The second kappa shape index (κ2) is 6.45. The van der Waals surface area contributed by atoms with Crippen molar-refractivity contribution in [2.24, 2.45) is 5.73 Å². The summed E-state index contributed by atoms with van der Waals surface area (Å²) in [7, 11) is 1.56. The minimum atomic E-state index is -0.997. The number of hydrogen-bond donors (Lipinski definition) is 2. The van der Waals surface area contributed by atoms with E-state index >= 15 is 0 Å². The Morgan fingerprint density at radius 2 is 1.85 bits per heavy atom. The van der Waals surface area contributed by atoms with Crippen LogP contribution in [0.3, 0.4) is 0 Å². The molecule has 2 aromatic rings. The normalized spacial score (nSPS) is 13.8. The molecule has 4 nitrogen and oxygen atoms in total. The fourth-order valence-electron chi connectivity index (χ4n) is 1.88. The fraction of sp³-hybridized carbons (Fsp3) is 0.267. The van der Waals surface area contributed by atoms with Gasteiger partial charge < -0.3 is 15.6 Å². The first kappa shape index (κ1) is 14.4. The van der Waals surface area contributed by atoms with Gasteiger partial charge in [0, 0.05) is 17.8 Å². The van der Waals surface area contributed by atoms with Gasteiger partial charge in [0.1, 0.15) is 6.67 Å². The molecule has 3 N–H and O–H groups in total. The maximum Gasteiger partial charge on any atom is 0.212 e. The van der Waals surface area contributed by atoms with Crippen LogP contribution in [-0.2, 0) is 0 Å². The Labute approximate surface area is 117 Å². The average molecular weight is 276 g/mol. The molecule has 20 heavy (non-hydrogen) atoms.